The van der Waals surface area contributed by atoms with E-state index in [0.29, 0.717) is 0 Å². The molecule has 0 N–H and O–H groups in total. The molecule has 220 valence electrons. The van der Waals surface area contributed by atoms with E-state index in [1.807, 2.05) is 11.3 Å². The number of hydrogen-bond donors (Lipinski definition) is 0. The number of thiophene rings is 1. The number of hydrogen-bond acceptors (Lipinski definition) is 1. The van der Waals surface area contributed by atoms with Gasteiger partial charge in [-0.15, -0.1) is 11.3 Å². The van der Waals surface area contributed by atoms with E-state index in [1.54, 1.807) is 0 Å². The van der Waals surface area contributed by atoms with Crippen LogP contribution in [0.2, 0.25) is 0 Å². The molecule has 2 aromatic heterocycles. The average molecular weight is 608 g/mol. The molecule has 2 heteroatoms. The minimum Gasteiger partial charge on any atom is -0.312 e. The summed E-state index contributed by atoms with van der Waals surface area (Å²) in [6.07, 6.45) is 0. The lowest BCUT2D eigenvalue weighted by atomic mass is 9.81. The van der Waals surface area contributed by atoms with E-state index in [4.69, 9.17) is 0 Å². The van der Waals surface area contributed by atoms with Gasteiger partial charge in [-0.25, -0.2) is 0 Å². The van der Waals surface area contributed by atoms with E-state index < -0.39 is 0 Å². The minimum atomic E-state index is -0.130. The van der Waals surface area contributed by atoms with Crippen LogP contribution >= 0.6 is 11.3 Å². The van der Waals surface area contributed by atoms with E-state index in [-0.39, 0.29) is 10.8 Å². The highest BCUT2D eigenvalue weighted by Crippen LogP contribution is 2.55. The molecular formula is C44H33NS. The zero-order chi connectivity index (χ0) is 30.9. The largest absolute Gasteiger partial charge is 0.312 e. The minimum absolute atomic E-state index is 0.106. The first kappa shape index (κ1) is 26.3. The Kier molecular flexibility index (Phi) is 5.07. The summed E-state index contributed by atoms with van der Waals surface area (Å²) in [7, 11) is 0. The lowest BCUT2D eigenvalue weighted by Gasteiger charge is -2.26. The van der Waals surface area contributed by atoms with Gasteiger partial charge >= 0.3 is 0 Å². The molecule has 2 heterocycles. The lowest BCUT2D eigenvalue weighted by molar-refractivity contribution is 0.622. The molecule has 10 rings (SSSR count). The second-order valence-electron chi connectivity index (χ2n) is 14.1. The SMILES string of the molecule is CC1(C)c2cc(-c3cccc4c3sc3ccccc34)ccc2-c2ccc(-n3c4c(c5ccccc53)-c3ccccc3C4(C)C)cc21. The van der Waals surface area contributed by atoms with Gasteiger partial charge in [-0.2, -0.15) is 0 Å². The second kappa shape index (κ2) is 8.87. The first-order chi connectivity index (χ1) is 22.3. The third-order valence-corrected chi connectivity index (χ3v) is 12.2. The summed E-state index contributed by atoms with van der Waals surface area (Å²) in [4.78, 5) is 0. The van der Waals surface area contributed by atoms with Gasteiger partial charge in [-0.3, -0.25) is 0 Å². The fraction of sp³-hybridized carbons (Fsp3) is 0.136. The number of rotatable bonds is 2. The fourth-order valence-electron chi connectivity index (χ4n) is 8.75. The van der Waals surface area contributed by atoms with Crippen LogP contribution in [-0.4, -0.2) is 4.57 Å². The van der Waals surface area contributed by atoms with Crippen LogP contribution in [0.4, 0.5) is 0 Å². The molecule has 0 spiro atoms. The standard InChI is InChI=1S/C44H33NS/c1-43(2)36-24-26(28-15-11-16-32-31-12-7-10-19-39(31)46-41(28)32)20-22-29(36)30-23-21-27(25-37(30)43)45-38-18-9-6-14-34(38)40-33-13-5-8-17-35(33)44(3,4)42(40)45/h5-25H,1-4H3. The summed E-state index contributed by atoms with van der Waals surface area (Å²) >= 11 is 1.91. The van der Waals surface area contributed by atoms with Crippen molar-refractivity contribution in [2.24, 2.45) is 0 Å². The Morgan fingerprint density at radius 1 is 0.500 bits per heavy atom. The van der Waals surface area contributed by atoms with Crippen LogP contribution in [0, 0.1) is 0 Å². The Labute approximate surface area is 273 Å². The second-order valence-corrected chi connectivity index (χ2v) is 15.2. The maximum absolute atomic E-state index is 2.55. The van der Waals surface area contributed by atoms with Crippen LogP contribution in [0.3, 0.4) is 0 Å². The number of para-hydroxylation sites is 1. The topological polar surface area (TPSA) is 4.93 Å². The Balaban J connectivity index is 1.15. The number of nitrogens with zero attached hydrogens (tertiary/aromatic N) is 1. The van der Waals surface area contributed by atoms with Crippen molar-refractivity contribution in [3.05, 3.63) is 150 Å². The Morgan fingerprint density at radius 2 is 1.17 bits per heavy atom. The van der Waals surface area contributed by atoms with Crippen molar-refractivity contribution >= 4 is 42.4 Å². The third kappa shape index (κ3) is 3.25. The van der Waals surface area contributed by atoms with Crippen LogP contribution in [0.25, 0.3) is 70.1 Å². The number of aromatic nitrogens is 1. The summed E-state index contributed by atoms with van der Waals surface area (Å²) in [5, 5.41) is 4.03. The summed E-state index contributed by atoms with van der Waals surface area (Å²) in [5.74, 6) is 0. The summed E-state index contributed by atoms with van der Waals surface area (Å²) in [6, 6.07) is 47.9. The quantitative estimate of drug-likeness (QED) is 0.184. The van der Waals surface area contributed by atoms with Crippen molar-refractivity contribution in [3.8, 4) is 39.1 Å². The predicted molar refractivity (Wildman–Crippen MR) is 197 cm³/mol. The van der Waals surface area contributed by atoms with Gasteiger partial charge in [0.25, 0.3) is 0 Å². The number of fused-ring (bicyclic) bond motifs is 11. The van der Waals surface area contributed by atoms with E-state index in [2.05, 4.69) is 160 Å². The van der Waals surface area contributed by atoms with E-state index in [0.717, 1.165) is 0 Å². The molecule has 1 nitrogen and oxygen atoms in total. The van der Waals surface area contributed by atoms with Gasteiger partial charge in [-0.05, 0) is 74.8 Å². The average Bonchev–Trinajstić information content (AvgIpc) is 3.76. The molecule has 46 heavy (non-hydrogen) atoms. The normalized spacial score (nSPS) is 15.3. The van der Waals surface area contributed by atoms with Gasteiger partial charge in [0.2, 0.25) is 0 Å². The molecule has 0 fully saturated rings. The van der Waals surface area contributed by atoms with Gasteiger partial charge < -0.3 is 4.57 Å². The van der Waals surface area contributed by atoms with Crippen molar-refractivity contribution in [2.75, 3.05) is 0 Å². The molecule has 2 aliphatic rings. The van der Waals surface area contributed by atoms with Crippen LogP contribution in [-0.2, 0) is 10.8 Å². The highest BCUT2D eigenvalue weighted by molar-refractivity contribution is 7.26. The van der Waals surface area contributed by atoms with Crippen LogP contribution in [0.15, 0.2) is 127 Å². The third-order valence-electron chi connectivity index (χ3n) is 11.0. The van der Waals surface area contributed by atoms with E-state index in [9.17, 15) is 0 Å². The molecule has 0 unspecified atom stereocenters. The van der Waals surface area contributed by atoms with Crippen molar-refractivity contribution in [2.45, 2.75) is 38.5 Å². The maximum atomic E-state index is 2.55. The summed E-state index contributed by atoms with van der Waals surface area (Å²) < 4.78 is 5.27. The molecule has 0 bridgehead atoms. The summed E-state index contributed by atoms with van der Waals surface area (Å²) in [5.41, 5.74) is 16.0. The number of benzene rings is 6. The van der Waals surface area contributed by atoms with Crippen molar-refractivity contribution < 1.29 is 0 Å². The van der Waals surface area contributed by atoms with Crippen LogP contribution in [0.1, 0.15) is 50.1 Å². The predicted octanol–water partition coefficient (Wildman–Crippen LogP) is 12.3. The molecule has 6 aromatic carbocycles. The molecule has 0 radical (unpaired) electrons. The van der Waals surface area contributed by atoms with Gasteiger partial charge in [0, 0.05) is 53.3 Å². The molecule has 0 aliphatic heterocycles. The Hall–Kier alpha value is -4.92. The molecule has 0 saturated heterocycles. The first-order valence-electron chi connectivity index (χ1n) is 16.3. The highest BCUT2D eigenvalue weighted by atomic mass is 32.1. The van der Waals surface area contributed by atoms with E-state index >= 15 is 0 Å². The molecule has 0 amide bonds. The lowest BCUT2D eigenvalue weighted by Crippen LogP contribution is -2.20. The van der Waals surface area contributed by atoms with Crippen molar-refractivity contribution in [1.82, 2.24) is 4.57 Å². The Morgan fingerprint density at radius 3 is 2.04 bits per heavy atom. The molecule has 0 atom stereocenters. The molecule has 2 aliphatic carbocycles. The molecule has 8 aromatic rings. The smallest absolute Gasteiger partial charge is 0.0538 e. The van der Waals surface area contributed by atoms with Crippen molar-refractivity contribution in [3.63, 3.8) is 0 Å². The van der Waals surface area contributed by atoms with Crippen LogP contribution < -0.4 is 0 Å². The van der Waals surface area contributed by atoms with Gasteiger partial charge in [0.15, 0.2) is 0 Å². The van der Waals surface area contributed by atoms with E-state index in [1.165, 1.54) is 92.5 Å². The summed E-state index contributed by atoms with van der Waals surface area (Å²) in [6.45, 7) is 9.59. The zero-order valence-corrected chi connectivity index (χ0v) is 27.3. The van der Waals surface area contributed by atoms with Gasteiger partial charge in [-0.1, -0.05) is 125 Å². The highest BCUT2D eigenvalue weighted by Gasteiger charge is 2.41. The first-order valence-corrected chi connectivity index (χ1v) is 17.1. The molecular weight excluding hydrogens is 575 g/mol. The van der Waals surface area contributed by atoms with Gasteiger partial charge in [0.1, 0.15) is 0 Å². The zero-order valence-electron chi connectivity index (χ0n) is 26.5. The monoisotopic (exact) mass is 607 g/mol. The van der Waals surface area contributed by atoms with Crippen LogP contribution in [0.5, 0.6) is 0 Å². The Bertz CT molecular complexity index is 2590. The molecule has 0 saturated carbocycles. The van der Waals surface area contributed by atoms with Crippen molar-refractivity contribution in [1.29, 1.82) is 0 Å². The van der Waals surface area contributed by atoms with Gasteiger partial charge in [0.05, 0.1) is 5.52 Å². The maximum Gasteiger partial charge on any atom is 0.0538 e. The fourth-order valence-corrected chi connectivity index (χ4v) is 9.99.